The molecule has 0 radical (unpaired) electrons. The van der Waals surface area contributed by atoms with E-state index in [1.54, 1.807) is 37.4 Å². The van der Waals surface area contributed by atoms with E-state index in [0.717, 1.165) is 0 Å². The third-order valence-corrected chi connectivity index (χ3v) is 2.90. The number of pyridine rings is 1. The van der Waals surface area contributed by atoms with Crippen LogP contribution < -0.4 is 9.64 Å². The number of aromatic nitrogens is 1. The zero-order valence-electron chi connectivity index (χ0n) is 11.2. The number of carbonyl (C=O) groups is 1. The minimum atomic E-state index is -0.223. The Balaban J connectivity index is 2.35. The van der Waals surface area contributed by atoms with Crippen LogP contribution in [0.3, 0.4) is 0 Å². The predicted octanol–water partition coefficient (Wildman–Crippen LogP) is 2.24. The highest BCUT2D eigenvalue weighted by atomic mass is 16.5. The lowest BCUT2D eigenvalue weighted by atomic mass is 10.1. The van der Waals surface area contributed by atoms with Crippen LogP contribution in [0.5, 0.6) is 5.75 Å². The van der Waals surface area contributed by atoms with Gasteiger partial charge in [0.1, 0.15) is 5.75 Å². The molecule has 1 heterocycles. The fourth-order valence-electron chi connectivity index (χ4n) is 1.80. The van der Waals surface area contributed by atoms with Crippen LogP contribution in [0.15, 0.2) is 42.7 Å². The summed E-state index contributed by atoms with van der Waals surface area (Å²) in [6, 6.07) is 10.5. The summed E-state index contributed by atoms with van der Waals surface area (Å²) >= 11 is 0. The van der Waals surface area contributed by atoms with Crippen molar-refractivity contribution in [3.63, 3.8) is 0 Å². The fraction of sp³-hybridized carbons (Fsp3) is 0.133. The molecule has 0 saturated carbocycles. The van der Waals surface area contributed by atoms with Crippen LogP contribution in [0.2, 0.25) is 0 Å². The molecule has 0 aliphatic rings. The van der Waals surface area contributed by atoms with E-state index in [0.29, 0.717) is 22.6 Å². The van der Waals surface area contributed by atoms with Gasteiger partial charge in [0, 0.05) is 18.9 Å². The summed E-state index contributed by atoms with van der Waals surface area (Å²) < 4.78 is 5.14. The number of carbonyl (C=O) groups excluding carboxylic acids is 1. The fourth-order valence-corrected chi connectivity index (χ4v) is 1.80. The van der Waals surface area contributed by atoms with E-state index in [-0.39, 0.29) is 5.91 Å². The van der Waals surface area contributed by atoms with E-state index < -0.39 is 0 Å². The number of ether oxygens (including phenoxy) is 1. The van der Waals surface area contributed by atoms with Gasteiger partial charge in [0.15, 0.2) is 0 Å². The molecule has 20 heavy (non-hydrogen) atoms. The molecule has 2 aromatic rings. The van der Waals surface area contributed by atoms with Crippen molar-refractivity contribution in [3.8, 4) is 11.8 Å². The molecule has 0 saturated heterocycles. The lowest BCUT2D eigenvalue weighted by Gasteiger charge is -2.18. The highest BCUT2D eigenvalue weighted by Gasteiger charge is 2.17. The van der Waals surface area contributed by atoms with E-state index in [4.69, 9.17) is 10.00 Å². The first-order valence-electron chi connectivity index (χ1n) is 5.93. The Morgan fingerprint density at radius 3 is 2.90 bits per heavy atom. The maximum absolute atomic E-state index is 12.5. The highest BCUT2D eigenvalue weighted by molar-refractivity contribution is 6.07. The van der Waals surface area contributed by atoms with Crippen molar-refractivity contribution in [3.05, 3.63) is 53.9 Å². The smallest absolute Gasteiger partial charge is 0.261 e. The third kappa shape index (κ3) is 2.59. The van der Waals surface area contributed by atoms with Crippen molar-refractivity contribution in [1.82, 2.24) is 4.98 Å². The first-order valence-corrected chi connectivity index (χ1v) is 5.93. The lowest BCUT2D eigenvalue weighted by molar-refractivity contribution is 0.0990. The highest BCUT2D eigenvalue weighted by Crippen LogP contribution is 2.21. The van der Waals surface area contributed by atoms with Gasteiger partial charge >= 0.3 is 0 Å². The Kier molecular flexibility index (Phi) is 3.96. The Hall–Kier alpha value is -2.87. The van der Waals surface area contributed by atoms with Crippen molar-refractivity contribution >= 4 is 11.6 Å². The average molecular weight is 267 g/mol. The van der Waals surface area contributed by atoms with Crippen LogP contribution in [-0.2, 0) is 0 Å². The first kappa shape index (κ1) is 13.6. The minimum Gasteiger partial charge on any atom is -0.494 e. The second kappa shape index (κ2) is 5.85. The summed E-state index contributed by atoms with van der Waals surface area (Å²) in [5, 5.41) is 8.90. The molecule has 0 unspecified atom stereocenters. The molecule has 0 N–H and O–H groups in total. The SMILES string of the molecule is COc1cnccc1C(=O)N(C)c1cccc(C#N)c1. The largest absolute Gasteiger partial charge is 0.494 e. The topological polar surface area (TPSA) is 66.2 Å². The van der Waals surface area contributed by atoms with Gasteiger partial charge in [0.05, 0.1) is 30.5 Å². The molecule has 0 aliphatic carbocycles. The van der Waals surface area contributed by atoms with E-state index in [1.165, 1.54) is 24.4 Å². The van der Waals surface area contributed by atoms with Gasteiger partial charge in [-0.05, 0) is 24.3 Å². The zero-order chi connectivity index (χ0) is 14.5. The molecule has 1 aromatic carbocycles. The van der Waals surface area contributed by atoms with Crippen molar-refractivity contribution in [2.75, 3.05) is 19.1 Å². The molecule has 1 aromatic heterocycles. The number of rotatable bonds is 3. The summed E-state index contributed by atoms with van der Waals surface area (Å²) in [7, 11) is 3.14. The Labute approximate surface area is 117 Å². The normalized spacial score (nSPS) is 9.65. The predicted molar refractivity (Wildman–Crippen MR) is 74.7 cm³/mol. The Bertz CT molecular complexity index is 677. The van der Waals surface area contributed by atoms with E-state index in [9.17, 15) is 4.79 Å². The van der Waals surface area contributed by atoms with Gasteiger partial charge in [-0.1, -0.05) is 6.07 Å². The number of methoxy groups -OCH3 is 1. The molecule has 0 fully saturated rings. The van der Waals surface area contributed by atoms with Gasteiger partial charge in [-0.2, -0.15) is 5.26 Å². The van der Waals surface area contributed by atoms with Gasteiger partial charge in [-0.25, -0.2) is 0 Å². The van der Waals surface area contributed by atoms with Crippen LogP contribution in [0.25, 0.3) is 0 Å². The molecule has 5 nitrogen and oxygen atoms in total. The number of nitriles is 1. The second-order valence-electron chi connectivity index (χ2n) is 4.10. The van der Waals surface area contributed by atoms with Gasteiger partial charge in [0.2, 0.25) is 0 Å². The Morgan fingerprint density at radius 2 is 2.20 bits per heavy atom. The van der Waals surface area contributed by atoms with Crippen LogP contribution in [0, 0.1) is 11.3 Å². The zero-order valence-corrected chi connectivity index (χ0v) is 11.2. The van der Waals surface area contributed by atoms with Crippen molar-refractivity contribution in [1.29, 1.82) is 5.26 Å². The minimum absolute atomic E-state index is 0.223. The molecule has 2 rings (SSSR count). The molecule has 0 spiro atoms. The maximum Gasteiger partial charge on any atom is 0.261 e. The van der Waals surface area contributed by atoms with Crippen LogP contribution >= 0.6 is 0 Å². The Morgan fingerprint density at radius 1 is 1.40 bits per heavy atom. The van der Waals surface area contributed by atoms with Gasteiger partial charge in [0.25, 0.3) is 5.91 Å². The number of nitrogens with zero attached hydrogens (tertiary/aromatic N) is 3. The molecule has 0 aliphatic heterocycles. The quantitative estimate of drug-likeness (QED) is 0.855. The molecule has 1 amide bonds. The van der Waals surface area contributed by atoms with Gasteiger partial charge < -0.3 is 9.64 Å². The van der Waals surface area contributed by atoms with Gasteiger partial charge in [-0.15, -0.1) is 0 Å². The summed E-state index contributed by atoms with van der Waals surface area (Å²) in [4.78, 5) is 17.8. The third-order valence-electron chi connectivity index (χ3n) is 2.90. The second-order valence-corrected chi connectivity index (χ2v) is 4.10. The molecular weight excluding hydrogens is 254 g/mol. The summed E-state index contributed by atoms with van der Waals surface area (Å²) in [6.45, 7) is 0. The van der Waals surface area contributed by atoms with E-state index >= 15 is 0 Å². The summed E-state index contributed by atoms with van der Waals surface area (Å²) in [6.07, 6.45) is 3.03. The molecular formula is C15H13N3O2. The molecule has 100 valence electrons. The van der Waals surface area contributed by atoms with E-state index in [2.05, 4.69) is 11.1 Å². The maximum atomic E-state index is 12.5. The summed E-state index contributed by atoms with van der Waals surface area (Å²) in [5.41, 5.74) is 1.57. The number of benzene rings is 1. The van der Waals surface area contributed by atoms with Crippen molar-refractivity contribution < 1.29 is 9.53 Å². The number of hydrogen-bond acceptors (Lipinski definition) is 4. The van der Waals surface area contributed by atoms with Crippen LogP contribution in [0.4, 0.5) is 5.69 Å². The lowest BCUT2D eigenvalue weighted by Crippen LogP contribution is -2.26. The molecule has 0 atom stereocenters. The van der Waals surface area contributed by atoms with E-state index in [1.807, 2.05) is 0 Å². The summed E-state index contributed by atoms with van der Waals surface area (Å²) in [5.74, 6) is 0.195. The number of anilines is 1. The van der Waals surface area contributed by atoms with Gasteiger partial charge in [-0.3, -0.25) is 9.78 Å². The van der Waals surface area contributed by atoms with Crippen molar-refractivity contribution in [2.45, 2.75) is 0 Å². The average Bonchev–Trinajstić information content (AvgIpc) is 2.53. The van der Waals surface area contributed by atoms with Crippen molar-refractivity contribution in [2.24, 2.45) is 0 Å². The standard InChI is InChI=1S/C15H13N3O2/c1-18(12-5-3-4-11(8-12)9-16)15(19)13-6-7-17-10-14(13)20-2/h3-8,10H,1-2H3. The first-order chi connectivity index (χ1) is 9.67. The van der Waals surface area contributed by atoms with Crippen LogP contribution in [-0.4, -0.2) is 25.0 Å². The number of hydrogen-bond donors (Lipinski definition) is 0. The monoisotopic (exact) mass is 267 g/mol. The molecule has 5 heteroatoms. The molecule has 0 bridgehead atoms. The van der Waals surface area contributed by atoms with Crippen LogP contribution in [0.1, 0.15) is 15.9 Å². The number of amides is 1.